The van der Waals surface area contributed by atoms with Crippen LogP contribution < -0.4 is 11.1 Å². The molecule has 2 amide bonds. The Morgan fingerprint density at radius 1 is 1.73 bits per heavy atom. The van der Waals surface area contributed by atoms with E-state index in [4.69, 9.17) is 5.73 Å². The zero-order valence-electron chi connectivity index (χ0n) is 9.32. The zero-order chi connectivity index (χ0) is 11.4. The number of amides is 2. The average molecular weight is 213 g/mol. The van der Waals surface area contributed by atoms with Crippen LogP contribution in [-0.4, -0.2) is 41.9 Å². The molecular weight excluding hydrogens is 194 g/mol. The zero-order valence-corrected chi connectivity index (χ0v) is 9.32. The molecule has 0 aromatic rings. The summed E-state index contributed by atoms with van der Waals surface area (Å²) in [4.78, 5) is 24.7. The first kappa shape index (κ1) is 12.0. The summed E-state index contributed by atoms with van der Waals surface area (Å²) in [5, 5.41) is 2.70. The maximum atomic E-state index is 11.6. The number of nitrogens with zero attached hydrogens (tertiary/aromatic N) is 1. The molecular formula is C10H19N3O2. The molecule has 1 rings (SSSR count). The molecule has 0 radical (unpaired) electrons. The summed E-state index contributed by atoms with van der Waals surface area (Å²) in [6.45, 7) is 4.66. The van der Waals surface area contributed by atoms with E-state index in [1.165, 1.54) is 0 Å². The Kier molecular flexibility index (Phi) is 4.08. The Labute approximate surface area is 90.0 Å². The molecule has 1 aliphatic heterocycles. The van der Waals surface area contributed by atoms with Crippen LogP contribution in [0.3, 0.4) is 0 Å². The van der Waals surface area contributed by atoms with Crippen molar-refractivity contribution in [3.8, 4) is 0 Å². The van der Waals surface area contributed by atoms with Crippen molar-refractivity contribution in [2.24, 2.45) is 5.73 Å². The Hall–Kier alpha value is -1.10. The van der Waals surface area contributed by atoms with E-state index in [9.17, 15) is 9.59 Å². The van der Waals surface area contributed by atoms with E-state index < -0.39 is 6.04 Å². The van der Waals surface area contributed by atoms with Gasteiger partial charge in [0.15, 0.2) is 0 Å². The van der Waals surface area contributed by atoms with Crippen LogP contribution in [0.2, 0.25) is 0 Å². The van der Waals surface area contributed by atoms with Gasteiger partial charge in [-0.25, -0.2) is 0 Å². The third-order valence-corrected chi connectivity index (χ3v) is 2.68. The van der Waals surface area contributed by atoms with Crippen LogP contribution >= 0.6 is 0 Å². The molecule has 0 bridgehead atoms. The standard InChI is InChI=1S/C10H19N3O2/c1-3-12-10(15)7(2)13-6-8(11)4-5-9(13)14/h7-8H,3-6,11H2,1-2H3,(H,12,15)/t7-,8+/m1/s1. The van der Waals surface area contributed by atoms with Gasteiger partial charge in [-0.3, -0.25) is 9.59 Å². The number of likely N-dealkylation sites (N-methyl/N-ethyl adjacent to an activating group) is 1. The predicted octanol–water partition coefficient (Wildman–Crippen LogP) is -0.539. The van der Waals surface area contributed by atoms with Gasteiger partial charge in [0.25, 0.3) is 0 Å². The fraction of sp³-hybridized carbons (Fsp3) is 0.800. The first-order valence-corrected chi connectivity index (χ1v) is 5.39. The minimum Gasteiger partial charge on any atom is -0.355 e. The van der Waals surface area contributed by atoms with Gasteiger partial charge in [-0.1, -0.05) is 0 Å². The van der Waals surface area contributed by atoms with Gasteiger partial charge in [0.05, 0.1) is 0 Å². The van der Waals surface area contributed by atoms with Gasteiger partial charge in [0.2, 0.25) is 11.8 Å². The number of rotatable bonds is 3. The summed E-state index contributed by atoms with van der Waals surface area (Å²) in [6, 6.07) is -0.414. The Balaban J connectivity index is 2.60. The molecule has 5 nitrogen and oxygen atoms in total. The largest absolute Gasteiger partial charge is 0.355 e. The summed E-state index contributed by atoms with van der Waals surface area (Å²) in [5.41, 5.74) is 5.77. The van der Waals surface area contributed by atoms with Gasteiger partial charge in [0.1, 0.15) is 6.04 Å². The van der Waals surface area contributed by atoms with Crippen LogP contribution in [-0.2, 0) is 9.59 Å². The van der Waals surface area contributed by atoms with Crippen molar-refractivity contribution in [3.63, 3.8) is 0 Å². The van der Waals surface area contributed by atoms with Crippen molar-refractivity contribution in [1.82, 2.24) is 10.2 Å². The van der Waals surface area contributed by atoms with E-state index in [-0.39, 0.29) is 17.9 Å². The maximum Gasteiger partial charge on any atom is 0.242 e. The predicted molar refractivity (Wildman–Crippen MR) is 57.1 cm³/mol. The summed E-state index contributed by atoms with van der Waals surface area (Å²) in [6.07, 6.45) is 1.17. The first-order chi connectivity index (χ1) is 7.06. The minimum absolute atomic E-state index is 0.000392. The number of carbonyl (C=O) groups is 2. The first-order valence-electron chi connectivity index (χ1n) is 5.39. The van der Waals surface area contributed by atoms with Crippen molar-refractivity contribution in [2.45, 2.75) is 38.8 Å². The maximum absolute atomic E-state index is 11.6. The average Bonchev–Trinajstić information content (AvgIpc) is 2.21. The Bertz CT molecular complexity index is 255. The second kappa shape index (κ2) is 5.11. The fourth-order valence-electron chi connectivity index (χ4n) is 1.74. The van der Waals surface area contributed by atoms with Gasteiger partial charge in [-0.2, -0.15) is 0 Å². The molecule has 0 aliphatic carbocycles. The highest BCUT2D eigenvalue weighted by molar-refractivity contribution is 5.87. The second-order valence-corrected chi connectivity index (χ2v) is 3.92. The van der Waals surface area contributed by atoms with E-state index in [0.717, 1.165) is 6.42 Å². The molecule has 0 aromatic heterocycles. The van der Waals surface area contributed by atoms with Crippen molar-refractivity contribution < 1.29 is 9.59 Å². The molecule has 0 saturated carbocycles. The van der Waals surface area contributed by atoms with Crippen LogP contribution in [0.15, 0.2) is 0 Å². The number of nitrogens with one attached hydrogen (secondary N) is 1. The molecule has 5 heteroatoms. The number of carbonyl (C=O) groups excluding carboxylic acids is 2. The molecule has 0 aromatic carbocycles. The molecule has 2 atom stereocenters. The molecule has 1 fully saturated rings. The number of hydrogen-bond donors (Lipinski definition) is 2. The van der Waals surface area contributed by atoms with Crippen molar-refractivity contribution in [1.29, 1.82) is 0 Å². The molecule has 0 spiro atoms. The number of nitrogens with two attached hydrogens (primary N) is 1. The highest BCUT2D eigenvalue weighted by atomic mass is 16.2. The molecule has 0 unspecified atom stereocenters. The highest BCUT2D eigenvalue weighted by Gasteiger charge is 2.30. The van der Waals surface area contributed by atoms with Crippen LogP contribution in [0.25, 0.3) is 0 Å². The van der Waals surface area contributed by atoms with Crippen LogP contribution in [0.5, 0.6) is 0 Å². The monoisotopic (exact) mass is 213 g/mol. The normalized spacial score (nSPS) is 23.8. The van der Waals surface area contributed by atoms with E-state index >= 15 is 0 Å². The van der Waals surface area contributed by atoms with E-state index in [1.807, 2.05) is 6.92 Å². The fourth-order valence-corrected chi connectivity index (χ4v) is 1.74. The van der Waals surface area contributed by atoms with Gasteiger partial charge >= 0.3 is 0 Å². The lowest BCUT2D eigenvalue weighted by molar-refractivity contribution is -0.142. The lowest BCUT2D eigenvalue weighted by Gasteiger charge is -2.34. The topological polar surface area (TPSA) is 75.4 Å². The SMILES string of the molecule is CCNC(=O)[C@@H](C)N1C[C@@H](N)CCC1=O. The van der Waals surface area contributed by atoms with Crippen molar-refractivity contribution >= 4 is 11.8 Å². The number of piperidine rings is 1. The third-order valence-electron chi connectivity index (χ3n) is 2.68. The van der Waals surface area contributed by atoms with Gasteiger partial charge in [-0.05, 0) is 20.3 Å². The van der Waals surface area contributed by atoms with Gasteiger partial charge < -0.3 is 16.0 Å². The molecule has 86 valence electrons. The van der Waals surface area contributed by atoms with Crippen LogP contribution in [0.1, 0.15) is 26.7 Å². The second-order valence-electron chi connectivity index (χ2n) is 3.92. The van der Waals surface area contributed by atoms with Crippen molar-refractivity contribution in [3.05, 3.63) is 0 Å². The summed E-state index contributed by atoms with van der Waals surface area (Å²) < 4.78 is 0. The van der Waals surface area contributed by atoms with E-state index in [0.29, 0.717) is 19.5 Å². The molecule has 3 N–H and O–H groups in total. The minimum atomic E-state index is -0.413. The third kappa shape index (κ3) is 2.92. The van der Waals surface area contributed by atoms with Crippen molar-refractivity contribution in [2.75, 3.05) is 13.1 Å². The molecule has 1 aliphatic rings. The quantitative estimate of drug-likeness (QED) is 0.661. The highest BCUT2D eigenvalue weighted by Crippen LogP contribution is 2.13. The smallest absolute Gasteiger partial charge is 0.242 e. The number of hydrogen-bond acceptors (Lipinski definition) is 3. The van der Waals surface area contributed by atoms with Crippen LogP contribution in [0, 0.1) is 0 Å². The summed E-state index contributed by atoms with van der Waals surface area (Å²) in [5.74, 6) is -0.0876. The summed E-state index contributed by atoms with van der Waals surface area (Å²) in [7, 11) is 0. The lowest BCUT2D eigenvalue weighted by Crippen LogP contribution is -2.54. The van der Waals surface area contributed by atoms with Gasteiger partial charge in [0, 0.05) is 25.6 Å². The Morgan fingerprint density at radius 2 is 2.40 bits per heavy atom. The molecule has 15 heavy (non-hydrogen) atoms. The summed E-state index contributed by atoms with van der Waals surface area (Å²) >= 11 is 0. The lowest BCUT2D eigenvalue weighted by atomic mass is 10.0. The van der Waals surface area contributed by atoms with Crippen LogP contribution in [0.4, 0.5) is 0 Å². The van der Waals surface area contributed by atoms with E-state index in [2.05, 4.69) is 5.32 Å². The van der Waals surface area contributed by atoms with E-state index in [1.54, 1.807) is 11.8 Å². The number of likely N-dealkylation sites (tertiary alicyclic amines) is 1. The molecule has 1 saturated heterocycles. The molecule has 1 heterocycles. The Morgan fingerprint density at radius 3 is 3.00 bits per heavy atom. The van der Waals surface area contributed by atoms with Gasteiger partial charge in [-0.15, -0.1) is 0 Å².